The van der Waals surface area contributed by atoms with E-state index in [-0.39, 0.29) is 30.9 Å². The highest BCUT2D eigenvalue weighted by atomic mass is 35.5. The van der Waals surface area contributed by atoms with Gasteiger partial charge in [0.25, 0.3) is 0 Å². The van der Waals surface area contributed by atoms with Crippen LogP contribution < -0.4 is 35.8 Å². The summed E-state index contributed by atoms with van der Waals surface area (Å²) in [5.74, 6) is 1.60. The van der Waals surface area contributed by atoms with Crippen LogP contribution in [0, 0.1) is 13.8 Å². The third-order valence-corrected chi connectivity index (χ3v) is 13.9. The predicted octanol–water partition coefficient (Wildman–Crippen LogP) is 8.31. The quantitative estimate of drug-likeness (QED) is 0.124. The lowest BCUT2D eigenvalue weighted by Crippen LogP contribution is -2.48. The Balaban J connectivity index is 0.000000144. The summed E-state index contributed by atoms with van der Waals surface area (Å²) < 4.78 is 28.3. The molecule has 20 nitrogen and oxygen atoms in total. The number of anilines is 6. The molecule has 6 aromatic rings. The van der Waals surface area contributed by atoms with E-state index in [1.165, 1.54) is 12.7 Å². The van der Waals surface area contributed by atoms with Crippen molar-refractivity contribution in [2.75, 3.05) is 77.1 Å². The molecule has 0 aliphatic carbocycles. The Morgan fingerprint density at radius 2 is 1.43 bits per heavy atom. The standard InChI is InChI=1S/C26H28ClN7O4.C15H15ClN4.C11H17N3O2/c1-15-8-16(4-6-28-15)23-19(27)9-20-24(32-23)34(17-5-7-33(20)11-17)25(35)31-21-10-22(30-14-29-21)36-12-18-13-37-26(2,3)38-18;1-9-6-10(2-4-17-9)14-12(16)7-13-15(19-14)18-11-3-5-20(13)8-11;1-11(2)15-6-9(16-11)4-3-8-5-10(12)14-7-13-8/h4,6,8-10,14,17-18H,5,7,11-13H2,1-3H3,(H,29,30,31,35);2,4,6-7,11H,3,5,8H2,1H3,(H,18,19);5,7,9H,3-4,6H2,1-2H3,(H2,12,13,14)/t17-,18+;11-;9-/m001/s1. The number of amides is 2. The Hall–Kier alpha value is -6.55. The van der Waals surface area contributed by atoms with E-state index in [2.05, 4.69) is 50.3 Å². The molecule has 4 atom stereocenters. The summed E-state index contributed by atoms with van der Waals surface area (Å²) in [6.07, 6.45) is 10.0. The highest BCUT2D eigenvalue weighted by Gasteiger charge is 2.41. The molecular formula is C52H60Cl2N14O6. The molecule has 4 saturated heterocycles. The molecule has 0 spiro atoms. The molecule has 74 heavy (non-hydrogen) atoms. The van der Waals surface area contributed by atoms with E-state index in [0.29, 0.717) is 64.9 Å². The van der Waals surface area contributed by atoms with E-state index < -0.39 is 11.6 Å². The number of rotatable bonds is 9. The van der Waals surface area contributed by atoms with Crippen LogP contribution in [0.2, 0.25) is 10.0 Å². The summed E-state index contributed by atoms with van der Waals surface area (Å²) in [4.78, 5) is 54.4. The zero-order chi connectivity index (χ0) is 51.7. The molecule has 22 heteroatoms. The zero-order valence-electron chi connectivity index (χ0n) is 42.2. The van der Waals surface area contributed by atoms with E-state index in [1.54, 1.807) is 29.4 Å². The lowest BCUT2D eigenvalue weighted by atomic mass is 10.1. The number of nitrogens with zero attached hydrogens (tertiary/aromatic N) is 11. The van der Waals surface area contributed by atoms with Crippen LogP contribution in [0.3, 0.4) is 0 Å². The summed E-state index contributed by atoms with van der Waals surface area (Å²) in [6.45, 7) is 16.5. The van der Waals surface area contributed by atoms with Gasteiger partial charge in [-0.2, -0.15) is 0 Å². The molecule has 2 amide bonds. The number of aryl methyl sites for hydroxylation is 3. The van der Waals surface area contributed by atoms with Crippen molar-refractivity contribution in [3.05, 3.63) is 101 Å². The van der Waals surface area contributed by atoms with Gasteiger partial charge in [0.05, 0.1) is 58.2 Å². The number of nitrogens with two attached hydrogens (primary N) is 1. The van der Waals surface area contributed by atoms with Gasteiger partial charge in [-0.05, 0) is 104 Å². The Morgan fingerprint density at radius 1 is 0.784 bits per heavy atom. The minimum atomic E-state index is -0.631. The summed E-state index contributed by atoms with van der Waals surface area (Å²) in [7, 11) is 0. The minimum absolute atomic E-state index is 0.0244. The van der Waals surface area contributed by atoms with Gasteiger partial charge in [-0.3, -0.25) is 20.2 Å². The maximum Gasteiger partial charge on any atom is 0.329 e. The Bertz CT molecular complexity index is 3020. The van der Waals surface area contributed by atoms with Gasteiger partial charge in [-0.1, -0.05) is 23.2 Å². The molecule has 388 valence electrons. The predicted molar refractivity (Wildman–Crippen MR) is 283 cm³/mol. The van der Waals surface area contributed by atoms with Gasteiger partial charge in [0.15, 0.2) is 23.2 Å². The first-order chi connectivity index (χ1) is 35.5. The van der Waals surface area contributed by atoms with Crippen molar-refractivity contribution in [2.45, 2.75) is 103 Å². The van der Waals surface area contributed by atoms with Gasteiger partial charge in [-0.25, -0.2) is 34.7 Å². The van der Waals surface area contributed by atoms with Gasteiger partial charge in [0, 0.05) is 85.0 Å². The van der Waals surface area contributed by atoms with Crippen LogP contribution in [0.25, 0.3) is 22.5 Å². The molecule has 6 aromatic heterocycles. The lowest BCUT2D eigenvalue weighted by Gasteiger charge is -2.36. The molecule has 0 radical (unpaired) electrons. The minimum Gasteiger partial charge on any atom is -0.475 e. The summed E-state index contributed by atoms with van der Waals surface area (Å²) in [6, 6.07) is 15.2. The van der Waals surface area contributed by atoms with E-state index in [0.717, 1.165) is 96.4 Å². The fourth-order valence-electron chi connectivity index (χ4n) is 9.84. The number of nitrogen functional groups attached to an aromatic ring is 1. The second kappa shape index (κ2) is 21.4. The number of urea groups is 1. The summed E-state index contributed by atoms with van der Waals surface area (Å²) in [5.41, 5.74) is 13.6. The molecule has 6 aliphatic heterocycles. The number of pyridine rings is 4. The molecule has 6 aliphatic rings. The summed E-state index contributed by atoms with van der Waals surface area (Å²) in [5, 5.41) is 7.63. The Labute approximate surface area is 439 Å². The highest BCUT2D eigenvalue weighted by molar-refractivity contribution is 6.34. The maximum absolute atomic E-state index is 13.6. The number of ether oxygens (including phenoxy) is 5. The van der Waals surface area contributed by atoms with Crippen molar-refractivity contribution in [3.8, 4) is 28.4 Å². The van der Waals surface area contributed by atoms with Crippen LogP contribution in [0.1, 0.15) is 64.0 Å². The zero-order valence-corrected chi connectivity index (χ0v) is 43.7. The molecule has 0 saturated carbocycles. The third-order valence-electron chi connectivity index (χ3n) is 13.3. The monoisotopic (exact) mass is 1050 g/mol. The average molecular weight is 1050 g/mol. The van der Waals surface area contributed by atoms with Crippen LogP contribution in [0.15, 0.2) is 73.6 Å². The largest absolute Gasteiger partial charge is 0.475 e. The fourth-order valence-corrected chi connectivity index (χ4v) is 10.3. The van der Waals surface area contributed by atoms with E-state index in [1.807, 2.05) is 77.9 Å². The third kappa shape index (κ3) is 11.9. The van der Waals surface area contributed by atoms with E-state index in [4.69, 9.17) is 62.6 Å². The molecule has 4 N–H and O–H groups in total. The molecule has 12 rings (SSSR count). The van der Waals surface area contributed by atoms with Crippen molar-refractivity contribution in [1.29, 1.82) is 0 Å². The van der Waals surface area contributed by atoms with Gasteiger partial charge in [0.1, 0.15) is 37.0 Å². The topological polar surface area (TPSA) is 226 Å². The van der Waals surface area contributed by atoms with E-state index >= 15 is 0 Å². The van der Waals surface area contributed by atoms with Crippen molar-refractivity contribution >= 4 is 63.9 Å². The highest BCUT2D eigenvalue weighted by Crippen LogP contribution is 2.44. The molecule has 4 fully saturated rings. The van der Waals surface area contributed by atoms with Crippen LogP contribution in [0.5, 0.6) is 5.88 Å². The first-order valence-corrected chi connectivity index (χ1v) is 25.6. The second-order valence-electron chi connectivity index (χ2n) is 19.9. The van der Waals surface area contributed by atoms with Crippen LogP contribution in [-0.4, -0.2) is 128 Å². The number of carbonyl (C=O) groups is 1. The lowest BCUT2D eigenvalue weighted by molar-refractivity contribution is -0.141. The molecule has 0 unspecified atom stereocenters. The first-order valence-electron chi connectivity index (χ1n) is 24.8. The van der Waals surface area contributed by atoms with Crippen molar-refractivity contribution in [1.82, 2.24) is 39.9 Å². The number of aromatic nitrogens is 8. The van der Waals surface area contributed by atoms with Crippen molar-refractivity contribution in [3.63, 3.8) is 0 Å². The fraction of sp³-hybridized carbons (Fsp3) is 0.442. The SMILES string of the molecule is CC1(C)OC[C@@H](CCc2cc(N)ncn2)O1.Cc1cc(-c2nc3c(cc2Cl)N2CC[C@@H](C2)N3)ccn1.Cc1cc(-c2nc3c(cc2Cl)N2CC[C@@H](C2)N3C(=O)Nc2cc(OC[C@@H]3COC(C)(C)O3)ncn2)ccn1. The number of halogens is 2. The maximum atomic E-state index is 13.6. The molecular weight excluding hydrogens is 988 g/mol. The first kappa shape index (κ1) is 51.0. The van der Waals surface area contributed by atoms with Crippen molar-refractivity contribution in [2.24, 2.45) is 0 Å². The number of hydrogen-bond acceptors (Lipinski definition) is 18. The van der Waals surface area contributed by atoms with Crippen LogP contribution in [-0.2, 0) is 25.4 Å². The average Bonchev–Trinajstić information content (AvgIpc) is 4.16. The second-order valence-corrected chi connectivity index (χ2v) is 20.7. The number of hydrogen-bond donors (Lipinski definition) is 3. The Kier molecular flexibility index (Phi) is 14.7. The number of nitrogens with one attached hydrogen (secondary N) is 2. The van der Waals surface area contributed by atoms with Gasteiger partial charge in [0.2, 0.25) is 5.88 Å². The smallest absolute Gasteiger partial charge is 0.329 e. The number of carbonyl (C=O) groups excluding carboxylic acids is 1. The normalized spacial score (nSPS) is 21.4. The van der Waals surface area contributed by atoms with Gasteiger partial charge < -0.3 is 44.5 Å². The molecule has 0 aromatic carbocycles. The van der Waals surface area contributed by atoms with E-state index in [9.17, 15) is 4.79 Å². The Morgan fingerprint density at radius 3 is 2.11 bits per heavy atom. The van der Waals surface area contributed by atoms with Crippen LogP contribution in [0.4, 0.5) is 39.4 Å². The van der Waals surface area contributed by atoms with Crippen molar-refractivity contribution < 1.29 is 28.5 Å². The molecule has 4 bridgehead atoms. The number of fused-ring (bicyclic) bond motifs is 8. The van der Waals surface area contributed by atoms with Crippen LogP contribution >= 0.6 is 23.2 Å². The summed E-state index contributed by atoms with van der Waals surface area (Å²) >= 11 is 13.1. The van der Waals surface area contributed by atoms with Gasteiger partial charge >= 0.3 is 6.03 Å². The van der Waals surface area contributed by atoms with Gasteiger partial charge in [-0.15, -0.1) is 0 Å². The molecule has 12 heterocycles.